The first-order valence-corrected chi connectivity index (χ1v) is 5.23. The van der Waals surface area contributed by atoms with Crippen LogP contribution < -0.4 is 0 Å². The van der Waals surface area contributed by atoms with Crippen molar-refractivity contribution in [3.63, 3.8) is 0 Å². The zero-order valence-electron chi connectivity index (χ0n) is 7.95. The summed E-state index contributed by atoms with van der Waals surface area (Å²) in [6, 6.07) is 1.16. The van der Waals surface area contributed by atoms with Crippen LogP contribution >= 0.6 is 22.6 Å². The number of rotatable bonds is 1. The summed E-state index contributed by atoms with van der Waals surface area (Å²) in [5.74, 6) is 0. The highest BCUT2D eigenvalue weighted by atomic mass is 127. The molecule has 1 aromatic rings. The van der Waals surface area contributed by atoms with Crippen molar-refractivity contribution in [2.24, 2.45) is 0 Å². The molecule has 0 saturated carbocycles. The second-order valence-electron chi connectivity index (χ2n) is 3.11. The maximum atomic E-state index is 12.6. The minimum absolute atomic E-state index is 0.189. The molecule has 17 heavy (non-hydrogen) atoms. The molecular weight excluding hydrogens is 365 g/mol. The summed E-state index contributed by atoms with van der Waals surface area (Å²) in [6.45, 7) is -0.751. The van der Waals surface area contributed by atoms with E-state index in [2.05, 4.69) is 0 Å². The van der Waals surface area contributed by atoms with E-state index in [0.717, 1.165) is 28.7 Å². The molecule has 1 N–H and O–H groups in total. The van der Waals surface area contributed by atoms with Crippen LogP contribution in [-0.2, 0) is 19.0 Å². The quantitative estimate of drug-likeness (QED) is 0.589. The normalized spacial score (nSPS) is 12.9. The van der Waals surface area contributed by atoms with Crippen molar-refractivity contribution in [1.29, 1.82) is 0 Å². The van der Waals surface area contributed by atoms with Gasteiger partial charge in [0.2, 0.25) is 0 Å². The van der Waals surface area contributed by atoms with Crippen molar-refractivity contribution in [2.75, 3.05) is 0 Å². The average molecular weight is 370 g/mol. The van der Waals surface area contributed by atoms with E-state index < -0.39 is 33.7 Å². The number of halogens is 7. The fourth-order valence-corrected chi connectivity index (χ4v) is 2.20. The van der Waals surface area contributed by atoms with E-state index in [-0.39, 0.29) is 5.56 Å². The monoisotopic (exact) mass is 370 g/mol. The number of benzene rings is 1. The Kier molecular flexibility index (Phi) is 3.97. The zero-order chi connectivity index (χ0) is 13.4. The number of aliphatic hydroxyl groups excluding tert-OH is 1. The highest BCUT2D eigenvalue weighted by molar-refractivity contribution is 14.1. The van der Waals surface area contributed by atoms with Gasteiger partial charge in [0.05, 0.1) is 17.7 Å². The third-order valence-electron chi connectivity index (χ3n) is 1.98. The van der Waals surface area contributed by atoms with Crippen LogP contribution in [0, 0.1) is 3.57 Å². The third kappa shape index (κ3) is 3.03. The molecule has 0 fully saturated rings. The van der Waals surface area contributed by atoms with Crippen molar-refractivity contribution in [3.8, 4) is 0 Å². The topological polar surface area (TPSA) is 20.2 Å². The molecular formula is C9H5F6IO. The predicted molar refractivity (Wildman–Crippen MR) is 55.1 cm³/mol. The highest BCUT2D eigenvalue weighted by Gasteiger charge is 2.44. The summed E-state index contributed by atoms with van der Waals surface area (Å²) in [4.78, 5) is 0. The first-order valence-electron chi connectivity index (χ1n) is 4.15. The van der Waals surface area contributed by atoms with E-state index in [1.165, 1.54) is 0 Å². The molecule has 0 spiro atoms. The van der Waals surface area contributed by atoms with E-state index in [1.54, 1.807) is 0 Å². The maximum Gasteiger partial charge on any atom is 0.418 e. The fraction of sp³-hybridized carbons (Fsp3) is 0.333. The van der Waals surface area contributed by atoms with Gasteiger partial charge in [0.1, 0.15) is 0 Å². The minimum Gasteiger partial charge on any atom is -0.392 e. The molecule has 0 bridgehead atoms. The van der Waals surface area contributed by atoms with Crippen LogP contribution in [0.1, 0.15) is 16.7 Å². The van der Waals surface area contributed by atoms with Crippen molar-refractivity contribution in [3.05, 3.63) is 32.4 Å². The van der Waals surface area contributed by atoms with Crippen LogP contribution in [0.2, 0.25) is 0 Å². The predicted octanol–water partition coefficient (Wildman–Crippen LogP) is 3.82. The van der Waals surface area contributed by atoms with Crippen molar-refractivity contribution < 1.29 is 31.4 Å². The molecule has 0 aromatic heterocycles. The molecule has 0 radical (unpaired) electrons. The van der Waals surface area contributed by atoms with E-state index in [1.807, 2.05) is 0 Å². The maximum absolute atomic E-state index is 12.6. The molecule has 0 aliphatic carbocycles. The van der Waals surface area contributed by atoms with Gasteiger partial charge in [0, 0.05) is 3.57 Å². The van der Waals surface area contributed by atoms with Crippen molar-refractivity contribution >= 4 is 22.6 Å². The molecule has 0 saturated heterocycles. The van der Waals surface area contributed by atoms with Gasteiger partial charge < -0.3 is 5.11 Å². The molecule has 0 aliphatic rings. The first-order chi connectivity index (χ1) is 7.59. The zero-order valence-corrected chi connectivity index (χ0v) is 10.1. The summed E-state index contributed by atoms with van der Waals surface area (Å²) >= 11 is 1.15. The smallest absolute Gasteiger partial charge is 0.392 e. The molecule has 1 nitrogen and oxygen atoms in total. The summed E-state index contributed by atoms with van der Waals surface area (Å²) in [6.07, 6.45) is -10.2. The van der Waals surface area contributed by atoms with E-state index >= 15 is 0 Å². The Morgan fingerprint density at radius 1 is 1.00 bits per heavy atom. The first kappa shape index (κ1) is 14.6. The van der Waals surface area contributed by atoms with E-state index in [9.17, 15) is 26.3 Å². The van der Waals surface area contributed by atoms with E-state index in [4.69, 9.17) is 5.11 Å². The Bertz CT molecular complexity index is 423. The number of alkyl halides is 6. The highest BCUT2D eigenvalue weighted by Crippen LogP contribution is 2.43. The molecule has 0 aliphatic heterocycles. The van der Waals surface area contributed by atoms with Gasteiger partial charge in [-0.15, -0.1) is 0 Å². The molecule has 96 valence electrons. The van der Waals surface area contributed by atoms with Gasteiger partial charge in [0.25, 0.3) is 0 Å². The van der Waals surface area contributed by atoms with Gasteiger partial charge in [0.15, 0.2) is 0 Å². The number of hydrogen-bond acceptors (Lipinski definition) is 1. The molecule has 0 amide bonds. The van der Waals surface area contributed by atoms with Crippen LogP contribution in [0.3, 0.4) is 0 Å². The molecule has 0 unspecified atom stereocenters. The minimum atomic E-state index is -5.12. The number of aliphatic hydroxyl groups is 1. The van der Waals surface area contributed by atoms with Crippen LogP contribution in [-0.4, -0.2) is 5.11 Å². The Labute approximate surface area is 106 Å². The lowest BCUT2D eigenvalue weighted by Gasteiger charge is -2.18. The van der Waals surface area contributed by atoms with Gasteiger partial charge in [-0.25, -0.2) is 0 Å². The van der Waals surface area contributed by atoms with Crippen molar-refractivity contribution in [2.45, 2.75) is 19.0 Å². The van der Waals surface area contributed by atoms with Gasteiger partial charge in [-0.1, -0.05) is 6.07 Å². The largest absolute Gasteiger partial charge is 0.418 e. The van der Waals surface area contributed by atoms with Gasteiger partial charge in [-0.05, 0) is 34.2 Å². The van der Waals surface area contributed by atoms with Gasteiger partial charge in [-0.3, -0.25) is 0 Å². The van der Waals surface area contributed by atoms with Gasteiger partial charge >= 0.3 is 12.4 Å². The van der Waals surface area contributed by atoms with Crippen LogP contribution in [0.15, 0.2) is 12.1 Å². The summed E-state index contributed by atoms with van der Waals surface area (Å²) < 4.78 is 74.4. The molecule has 8 heteroatoms. The van der Waals surface area contributed by atoms with E-state index in [0.29, 0.717) is 6.07 Å². The fourth-order valence-electron chi connectivity index (χ4n) is 1.25. The lowest BCUT2D eigenvalue weighted by Crippen LogP contribution is -2.19. The lowest BCUT2D eigenvalue weighted by molar-refractivity contribution is -0.162. The van der Waals surface area contributed by atoms with Gasteiger partial charge in [-0.2, -0.15) is 26.3 Å². The Morgan fingerprint density at radius 2 is 1.53 bits per heavy atom. The Morgan fingerprint density at radius 3 is 1.88 bits per heavy atom. The molecule has 0 atom stereocenters. The van der Waals surface area contributed by atoms with Crippen molar-refractivity contribution in [1.82, 2.24) is 0 Å². The SMILES string of the molecule is OCc1ccc(C(F)(F)F)c(C(F)(F)F)c1I. The summed E-state index contributed by atoms with van der Waals surface area (Å²) in [5.41, 5.74) is -3.69. The van der Waals surface area contributed by atoms with Crippen LogP contribution in [0.5, 0.6) is 0 Å². The Hall–Kier alpha value is -0.510. The number of hydrogen-bond donors (Lipinski definition) is 1. The molecule has 1 rings (SSSR count). The molecule has 0 heterocycles. The summed E-state index contributed by atoms with van der Waals surface area (Å²) in [5, 5.41) is 8.75. The second-order valence-corrected chi connectivity index (χ2v) is 4.19. The Balaban J connectivity index is 3.59. The van der Waals surface area contributed by atoms with Crippen LogP contribution in [0.25, 0.3) is 0 Å². The standard InChI is InChI=1S/C9H5F6IO/c10-8(11,12)5-2-1-4(3-17)7(16)6(5)9(13,14)15/h1-2,17H,3H2. The van der Waals surface area contributed by atoms with Crippen LogP contribution in [0.4, 0.5) is 26.3 Å². The summed E-state index contributed by atoms with van der Waals surface area (Å²) in [7, 11) is 0. The lowest BCUT2D eigenvalue weighted by atomic mass is 10.0. The third-order valence-corrected chi connectivity index (χ3v) is 3.21. The second kappa shape index (κ2) is 4.63. The average Bonchev–Trinajstić information content (AvgIpc) is 2.13. The molecule has 1 aromatic carbocycles.